The van der Waals surface area contributed by atoms with Crippen molar-refractivity contribution in [1.29, 1.82) is 0 Å². The number of halogens is 1. The highest BCUT2D eigenvalue weighted by atomic mass is 32.1. The third-order valence-electron chi connectivity index (χ3n) is 5.61. The molecule has 0 aliphatic carbocycles. The lowest BCUT2D eigenvalue weighted by Gasteiger charge is -2.29. The highest BCUT2D eigenvalue weighted by Crippen LogP contribution is 2.31. The maximum atomic E-state index is 14.2. The molecule has 1 aromatic heterocycles. The molecule has 0 saturated carbocycles. The lowest BCUT2D eigenvalue weighted by atomic mass is 10.1. The number of carbonyl (C=O) groups excluding carboxylic acids is 2. The van der Waals surface area contributed by atoms with E-state index in [0.717, 1.165) is 37.6 Å². The van der Waals surface area contributed by atoms with Gasteiger partial charge in [-0.2, -0.15) is 0 Å². The fourth-order valence-corrected chi connectivity index (χ4v) is 4.61. The number of thiazole rings is 1. The van der Waals surface area contributed by atoms with Crippen molar-refractivity contribution in [3.63, 3.8) is 0 Å². The molecule has 1 saturated heterocycles. The summed E-state index contributed by atoms with van der Waals surface area (Å²) in [6, 6.07) is 14.3. The molecular weight excluding hydrogens is 467 g/mol. The molecular formula is C26H27FN4O3S. The average molecular weight is 495 g/mol. The van der Waals surface area contributed by atoms with E-state index < -0.39 is 5.82 Å². The molecule has 1 fully saturated rings. The van der Waals surface area contributed by atoms with E-state index in [1.54, 1.807) is 35.5 Å². The van der Waals surface area contributed by atoms with Crippen molar-refractivity contribution in [2.45, 2.75) is 13.5 Å². The summed E-state index contributed by atoms with van der Waals surface area (Å²) in [7, 11) is 1.74. The highest BCUT2D eigenvalue weighted by molar-refractivity contribution is 7.14. The molecule has 0 bridgehead atoms. The lowest BCUT2D eigenvalue weighted by molar-refractivity contribution is -0.125. The van der Waals surface area contributed by atoms with Gasteiger partial charge in [-0.05, 0) is 35.9 Å². The molecule has 7 nitrogen and oxygen atoms in total. The summed E-state index contributed by atoms with van der Waals surface area (Å²) in [6.45, 7) is 5.07. The molecule has 1 aliphatic heterocycles. The maximum absolute atomic E-state index is 14.2. The number of hydrogen-bond donors (Lipinski definition) is 0. The van der Waals surface area contributed by atoms with Gasteiger partial charge in [-0.15, -0.1) is 11.3 Å². The monoisotopic (exact) mass is 494 g/mol. The Morgan fingerprint density at radius 1 is 1.14 bits per heavy atom. The van der Waals surface area contributed by atoms with E-state index in [-0.39, 0.29) is 17.5 Å². The van der Waals surface area contributed by atoms with Gasteiger partial charge in [-0.1, -0.05) is 24.3 Å². The SMILES string of the molecule is CC(=O)N(c1nc(/C=C/C(=O)N(C)Cc2ccc(N3CCOCC3)cc2)cs1)c1ccccc1F. The van der Waals surface area contributed by atoms with Gasteiger partial charge >= 0.3 is 0 Å². The van der Waals surface area contributed by atoms with Gasteiger partial charge in [0.25, 0.3) is 0 Å². The number of rotatable bonds is 7. The molecule has 35 heavy (non-hydrogen) atoms. The molecule has 3 aromatic rings. The fraction of sp³-hybridized carbons (Fsp3) is 0.269. The van der Waals surface area contributed by atoms with Crippen molar-refractivity contribution < 1.29 is 18.7 Å². The number of morpholine rings is 1. The van der Waals surface area contributed by atoms with Crippen LogP contribution in [-0.4, -0.2) is 55.0 Å². The van der Waals surface area contributed by atoms with E-state index in [9.17, 15) is 14.0 Å². The third kappa shape index (κ3) is 6.12. The van der Waals surface area contributed by atoms with E-state index in [4.69, 9.17) is 4.74 Å². The Hall–Kier alpha value is -3.56. The summed E-state index contributed by atoms with van der Waals surface area (Å²) in [5, 5.41) is 2.06. The summed E-state index contributed by atoms with van der Waals surface area (Å²) in [5.41, 5.74) is 2.84. The quantitative estimate of drug-likeness (QED) is 0.454. The van der Waals surface area contributed by atoms with Crippen molar-refractivity contribution in [2.75, 3.05) is 43.2 Å². The molecule has 0 unspecified atom stereocenters. The van der Waals surface area contributed by atoms with Gasteiger partial charge < -0.3 is 14.5 Å². The predicted molar refractivity (Wildman–Crippen MR) is 136 cm³/mol. The van der Waals surface area contributed by atoms with E-state index in [2.05, 4.69) is 22.0 Å². The number of amides is 2. The second-order valence-electron chi connectivity index (χ2n) is 8.15. The molecule has 2 heterocycles. The zero-order valence-electron chi connectivity index (χ0n) is 19.7. The zero-order chi connectivity index (χ0) is 24.8. The maximum Gasteiger partial charge on any atom is 0.246 e. The van der Waals surface area contributed by atoms with Crippen LogP contribution in [0.1, 0.15) is 18.2 Å². The Balaban J connectivity index is 1.38. The lowest BCUT2D eigenvalue weighted by Crippen LogP contribution is -2.36. The summed E-state index contributed by atoms with van der Waals surface area (Å²) in [5.74, 6) is -1.03. The summed E-state index contributed by atoms with van der Waals surface area (Å²) in [4.78, 5) is 34.4. The number of likely N-dealkylation sites (N-methyl/N-ethyl adjacent to an activating group) is 1. The first-order valence-corrected chi connectivity index (χ1v) is 12.2. The fourth-order valence-electron chi connectivity index (χ4n) is 3.77. The zero-order valence-corrected chi connectivity index (χ0v) is 20.5. The van der Waals surface area contributed by atoms with Crippen LogP contribution < -0.4 is 9.80 Å². The van der Waals surface area contributed by atoms with Gasteiger partial charge in [-0.25, -0.2) is 9.37 Å². The van der Waals surface area contributed by atoms with Crippen LogP contribution in [0, 0.1) is 5.82 Å². The number of aromatic nitrogens is 1. The summed E-state index contributed by atoms with van der Waals surface area (Å²) < 4.78 is 19.6. The normalized spacial score (nSPS) is 13.7. The van der Waals surface area contributed by atoms with Crippen LogP contribution in [0.5, 0.6) is 0 Å². The molecule has 0 radical (unpaired) electrons. The van der Waals surface area contributed by atoms with Gasteiger partial charge in [0.05, 0.1) is 24.6 Å². The van der Waals surface area contributed by atoms with Gasteiger partial charge in [0, 0.05) is 50.7 Å². The Morgan fingerprint density at radius 2 is 1.86 bits per heavy atom. The standard InChI is InChI=1S/C26H27FN4O3S/c1-19(32)31(24-6-4-3-5-23(24)27)26-28-21(18-35-26)9-12-25(33)29(2)17-20-7-10-22(11-8-20)30-13-15-34-16-14-30/h3-12,18H,13-17H2,1-2H3/b12-9+. The second kappa shape index (κ2) is 11.2. The Bertz CT molecular complexity index is 1210. The molecule has 2 aromatic carbocycles. The number of para-hydroxylation sites is 1. The van der Waals surface area contributed by atoms with E-state index in [1.807, 2.05) is 12.1 Å². The van der Waals surface area contributed by atoms with Crippen molar-refractivity contribution in [3.05, 3.63) is 77.1 Å². The average Bonchev–Trinajstić information content (AvgIpc) is 3.33. The van der Waals surface area contributed by atoms with Crippen LogP contribution in [-0.2, 0) is 20.9 Å². The largest absolute Gasteiger partial charge is 0.378 e. The van der Waals surface area contributed by atoms with Crippen LogP contribution >= 0.6 is 11.3 Å². The Kier molecular flexibility index (Phi) is 7.89. The first-order valence-electron chi connectivity index (χ1n) is 11.3. The number of ether oxygens (including phenoxy) is 1. The molecule has 4 rings (SSSR count). The molecule has 182 valence electrons. The van der Waals surface area contributed by atoms with Crippen LogP contribution in [0.15, 0.2) is 60.0 Å². The van der Waals surface area contributed by atoms with Gasteiger partial charge in [0.1, 0.15) is 5.82 Å². The molecule has 1 aliphatic rings. The number of benzene rings is 2. The minimum absolute atomic E-state index is 0.139. The number of anilines is 3. The van der Waals surface area contributed by atoms with Crippen LogP contribution in [0.4, 0.5) is 20.9 Å². The van der Waals surface area contributed by atoms with E-state index in [0.29, 0.717) is 17.4 Å². The molecule has 2 amide bonds. The van der Waals surface area contributed by atoms with Crippen LogP contribution in [0.2, 0.25) is 0 Å². The topological polar surface area (TPSA) is 66.0 Å². The van der Waals surface area contributed by atoms with Crippen molar-refractivity contribution >= 4 is 45.7 Å². The minimum Gasteiger partial charge on any atom is -0.378 e. The Morgan fingerprint density at radius 3 is 2.54 bits per heavy atom. The number of carbonyl (C=O) groups is 2. The van der Waals surface area contributed by atoms with E-state index in [1.165, 1.54) is 41.4 Å². The summed E-state index contributed by atoms with van der Waals surface area (Å²) in [6.07, 6.45) is 3.04. The number of nitrogens with zero attached hydrogens (tertiary/aromatic N) is 4. The molecule has 0 N–H and O–H groups in total. The van der Waals surface area contributed by atoms with Crippen molar-refractivity contribution in [1.82, 2.24) is 9.88 Å². The highest BCUT2D eigenvalue weighted by Gasteiger charge is 2.20. The van der Waals surface area contributed by atoms with Crippen molar-refractivity contribution in [2.24, 2.45) is 0 Å². The smallest absolute Gasteiger partial charge is 0.246 e. The van der Waals surface area contributed by atoms with Gasteiger partial charge in [0.15, 0.2) is 5.13 Å². The number of hydrogen-bond acceptors (Lipinski definition) is 6. The van der Waals surface area contributed by atoms with Gasteiger partial charge in [0.2, 0.25) is 11.8 Å². The van der Waals surface area contributed by atoms with Gasteiger partial charge in [-0.3, -0.25) is 14.5 Å². The third-order valence-corrected chi connectivity index (χ3v) is 6.46. The summed E-state index contributed by atoms with van der Waals surface area (Å²) >= 11 is 1.20. The van der Waals surface area contributed by atoms with E-state index >= 15 is 0 Å². The predicted octanol–water partition coefficient (Wildman–Crippen LogP) is 4.48. The second-order valence-corrected chi connectivity index (χ2v) is 8.99. The molecule has 0 atom stereocenters. The molecule has 9 heteroatoms. The first kappa shape index (κ1) is 24.6. The van der Waals surface area contributed by atoms with Crippen molar-refractivity contribution in [3.8, 4) is 0 Å². The molecule has 0 spiro atoms. The van der Waals surface area contributed by atoms with Crippen LogP contribution in [0.3, 0.4) is 0 Å². The Labute approximate surface area is 208 Å². The van der Waals surface area contributed by atoms with Crippen LogP contribution in [0.25, 0.3) is 6.08 Å². The first-order chi connectivity index (χ1) is 16.9. The minimum atomic E-state index is -0.509.